The topological polar surface area (TPSA) is 92.8 Å². The van der Waals surface area contributed by atoms with E-state index in [0.717, 1.165) is 12.8 Å². The summed E-state index contributed by atoms with van der Waals surface area (Å²) in [6, 6.07) is 2.92. The van der Waals surface area contributed by atoms with Crippen LogP contribution in [-0.4, -0.2) is 49.8 Å². The molecule has 0 bridgehead atoms. The lowest BCUT2D eigenvalue weighted by atomic mass is 9.84. The summed E-state index contributed by atoms with van der Waals surface area (Å²) < 4.78 is 32.7. The van der Waals surface area contributed by atoms with Crippen LogP contribution < -0.4 is 5.32 Å². The Labute approximate surface area is 187 Å². The van der Waals surface area contributed by atoms with E-state index in [4.69, 9.17) is 27.9 Å². The Morgan fingerprint density at radius 3 is 2.43 bits per heavy atom. The molecule has 0 radical (unpaired) electrons. The van der Waals surface area contributed by atoms with Gasteiger partial charge >= 0.3 is 5.97 Å². The number of nitrogens with zero attached hydrogens (tertiary/aromatic N) is 1. The predicted octanol–water partition coefficient (Wildman–Crippen LogP) is 3.38. The first-order chi connectivity index (χ1) is 14.2. The van der Waals surface area contributed by atoms with E-state index in [9.17, 15) is 18.0 Å². The third-order valence-corrected chi connectivity index (χ3v) is 7.95. The largest absolute Gasteiger partial charge is 0.466 e. The highest BCUT2D eigenvalue weighted by molar-refractivity contribution is 7.89. The van der Waals surface area contributed by atoms with Crippen molar-refractivity contribution in [2.75, 3.05) is 13.2 Å². The Morgan fingerprint density at radius 2 is 1.77 bits per heavy atom. The van der Waals surface area contributed by atoms with Crippen LogP contribution in [0.25, 0.3) is 0 Å². The molecule has 1 aliphatic carbocycles. The molecule has 1 saturated heterocycles. The zero-order chi connectivity index (χ0) is 21.9. The lowest BCUT2D eigenvalue weighted by molar-refractivity contribution is -0.150. The highest BCUT2D eigenvalue weighted by Gasteiger charge is 2.41. The Hall–Kier alpha value is -1.35. The maximum Gasteiger partial charge on any atom is 0.311 e. The monoisotopic (exact) mass is 476 g/mol. The van der Waals surface area contributed by atoms with Crippen molar-refractivity contribution in [2.45, 2.75) is 62.4 Å². The molecule has 10 heteroatoms. The highest BCUT2D eigenvalue weighted by Crippen LogP contribution is 2.31. The van der Waals surface area contributed by atoms with Gasteiger partial charge in [0, 0.05) is 22.6 Å². The Bertz CT molecular complexity index is 888. The molecule has 1 N–H and O–H groups in total. The van der Waals surface area contributed by atoms with Crippen molar-refractivity contribution in [2.24, 2.45) is 5.92 Å². The first-order valence-corrected chi connectivity index (χ1v) is 12.4. The fourth-order valence-corrected chi connectivity index (χ4v) is 6.60. The number of esters is 1. The zero-order valence-corrected chi connectivity index (χ0v) is 19.1. The van der Waals surface area contributed by atoms with Crippen LogP contribution in [0, 0.1) is 5.92 Å². The van der Waals surface area contributed by atoms with Crippen molar-refractivity contribution in [1.29, 1.82) is 0 Å². The predicted molar refractivity (Wildman–Crippen MR) is 114 cm³/mol. The van der Waals surface area contributed by atoms with Crippen molar-refractivity contribution in [3.63, 3.8) is 0 Å². The van der Waals surface area contributed by atoms with Gasteiger partial charge in [-0.3, -0.25) is 9.59 Å². The normalized spacial score (nSPS) is 25.1. The van der Waals surface area contributed by atoms with E-state index in [2.05, 4.69) is 5.32 Å². The summed E-state index contributed by atoms with van der Waals surface area (Å²) in [6.07, 6.45) is 4.09. The number of ether oxygens (including phenoxy) is 1. The van der Waals surface area contributed by atoms with Gasteiger partial charge in [-0.2, -0.15) is 4.31 Å². The van der Waals surface area contributed by atoms with E-state index in [-0.39, 0.29) is 46.0 Å². The number of sulfonamides is 1. The van der Waals surface area contributed by atoms with E-state index < -0.39 is 22.0 Å². The first kappa shape index (κ1) is 23.3. The van der Waals surface area contributed by atoms with E-state index in [1.165, 1.54) is 22.5 Å². The maximum absolute atomic E-state index is 13.2. The Balaban J connectivity index is 1.77. The van der Waals surface area contributed by atoms with Crippen LogP contribution >= 0.6 is 23.2 Å². The summed E-state index contributed by atoms with van der Waals surface area (Å²) in [6.45, 7) is 2.26. The van der Waals surface area contributed by atoms with Crippen LogP contribution in [0.5, 0.6) is 0 Å². The molecule has 1 aliphatic heterocycles. The van der Waals surface area contributed by atoms with Gasteiger partial charge in [-0.15, -0.1) is 0 Å². The summed E-state index contributed by atoms with van der Waals surface area (Å²) in [5.41, 5.74) is 0. The Morgan fingerprint density at radius 1 is 1.10 bits per heavy atom. The van der Waals surface area contributed by atoms with Crippen LogP contribution in [0.15, 0.2) is 23.1 Å². The van der Waals surface area contributed by atoms with Crippen LogP contribution in [0.2, 0.25) is 10.0 Å². The number of carbonyl (C=O) groups is 2. The molecule has 0 aromatic heterocycles. The van der Waals surface area contributed by atoms with Gasteiger partial charge in [-0.1, -0.05) is 36.0 Å². The van der Waals surface area contributed by atoms with Crippen molar-refractivity contribution in [3.05, 3.63) is 28.2 Å². The van der Waals surface area contributed by atoms with Gasteiger partial charge in [0.2, 0.25) is 15.9 Å². The first-order valence-electron chi connectivity index (χ1n) is 10.2. The van der Waals surface area contributed by atoms with Crippen molar-refractivity contribution < 1.29 is 22.7 Å². The van der Waals surface area contributed by atoms with E-state index in [0.29, 0.717) is 25.7 Å². The molecule has 7 nitrogen and oxygen atoms in total. The summed E-state index contributed by atoms with van der Waals surface area (Å²) in [5, 5.41) is 3.35. The van der Waals surface area contributed by atoms with Crippen molar-refractivity contribution >= 4 is 45.1 Å². The number of hydrogen-bond acceptors (Lipinski definition) is 5. The highest BCUT2D eigenvalue weighted by atomic mass is 35.5. The minimum atomic E-state index is -3.95. The van der Waals surface area contributed by atoms with Gasteiger partial charge in [-0.25, -0.2) is 8.42 Å². The average molecular weight is 477 g/mol. The Kier molecular flexibility index (Phi) is 7.66. The lowest BCUT2D eigenvalue weighted by Gasteiger charge is -2.32. The van der Waals surface area contributed by atoms with E-state index >= 15 is 0 Å². The third kappa shape index (κ3) is 5.10. The molecule has 2 aliphatic rings. The van der Waals surface area contributed by atoms with Gasteiger partial charge in [-0.05, 0) is 50.8 Å². The minimum Gasteiger partial charge on any atom is -0.466 e. The van der Waals surface area contributed by atoms with Gasteiger partial charge in [0.1, 0.15) is 6.04 Å². The SMILES string of the molecule is CCOC(=O)[C@@H]1CCCC[C@@H]1NC(=O)[C@@H]1CCCN1S(=O)(=O)c1cc(Cl)cc(Cl)c1. The average Bonchev–Trinajstić information content (AvgIpc) is 3.19. The molecule has 166 valence electrons. The molecule has 1 saturated carbocycles. The number of nitrogens with one attached hydrogen (secondary N) is 1. The molecular weight excluding hydrogens is 451 g/mol. The number of benzene rings is 1. The minimum absolute atomic E-state index is 0.0400. The van der Waals surface area contributed by atoms with Crippen LogP contribution in [0.3, 0.4) is 0 Å². The van der Waals surface area contributed by atoms with Gasteiger partial charge in [0.15, 0.2) is 0 Å². The standard InChI is InChI=1S/C20H26Cl2N2O5S/c1-2-29-20(26)16-6-3-4-7-17(16)23-19(25)18-8-5-9-24(18)30(27,28)15-11-13(21)10-14(22)12-15/h10-12,16-18H,2-9H2,1H3,(H,23,25)/t16-,17+,18+/m1/s1. The van der Waals surface area contributed by atoms with Crippen molar-refractivity contribution in [1.82, 2.24) is 9.62 Å². The molecule has 1 aromatic rings. The molecule has 3 rings (SSSR count). The quantitative estimate of drug-likeness (QED) is 0.635. The van der Waals surface area contributed by atoms with Gasteiger partial charge in [0.05, 0.1) is 17.4 Å². The summed E-state index contributed by atoms with van der Waals surface area (Å²) in [5.74, 6) is -1.10. The second-order valence-electron chi connectivity index (χ2n) is 7.64. The fourth-order valence-electron chi connectivity index (χ4n) is 4.22. The van der Waals surface area contributed by atoms with Crippen molar-refractivity contribution in [3.8, 4) is 0 Å². The molecule has 0 unspecified atom stereocenters. The molecule has 3 atom stereocenters. The third-order valence-electron chi connectivity index (χ3n) is 5.63. The molecule has 1 aromatic carbocycles. The maximum atomic E-state index is 13.2. The molecule has 30 heavy (non-hydrogen) atoms. The molecule has 2 fully saturated rings. The van der Waals surface area contributed by atoms with Crippen LogP contribution in [0.1, 0.15) is 45.4 Å². The van der Waals surface area contributed by atoms with Gasteiger partial charge < -0.3 is 10.1 Å². The van der Waals surface area contributed by atoms with E-state index in [1.54, 1.807) is 6.92 Å². The van der Waals surface area contributed by atoms with Crippen LogP contribution in [0.4, 0.5) is 0 Å². The van der Waals surface area contributed by atoms with E-state index in [1.807, 2.05) is 0 Å². The second-order valence-corrected chi connectivity index (χ2v) is 10.4. The second kappa shape index (κ2) is 9.85. The number of halogens is 2. The lowest BCUT2D eigenvalue weighted by Crippen LogP contribution is -2.52. The number of amides is 1. The number of rotatable bonds is 6. The molecule has 1 heterocycles. The summed E-state index contributed by atoms with van der Waals surface area (Å²) in [4.78, 5) is 25.3. The number of carbonyl (C=O) groups excluding carboxylic acids is 2. The smallest absolute Gasteiger partial charge is 0.311 e. The zero-order valence-electron chi connectivity index (χ0n) is 16.8. The fraction of sp³-hybridized carbons (Fsp3) is 0.600. The van der Waals surface area contributed by atoms with Gasteiger partial charge in [0.25, 0.3) is 0 Å². The summed E-state index contributed by atoms with van der Waals surface area (Å²) >= 11 is 11.9. The summed E-state index contributed by atoms with van der Waals surface area (Å²) in [7, 11) is -3.95. The number of hydrogen-bond donors (Lipinski definition) is 1. The molecule has 1 amide bonds. The molecular formula is C20H26Cl2N2O5S. The van der Waals surface area contributed by atoms with Crippen LogP contribution in [-0.2, 0) is 24.3 Å². The molecule has 0 spiro atoms.